The van der Waals surface area contributed by atoms with Crippen molar-refractivity contribution in [1.82, 2.24) is 0 Å². The van der Waals surface area contributed by atoms with E-state index in [1.165, 1.54) is 12.8 Å². The molecule has 0 aromatic heterocycles. The van der Waals surface area contributed by atoms with E-state index in [0.29, 0.717) is 6.42 Å². The molecule has 0 radical (unpaired) electrons. The van der Waals surface area contributed by atoms with Gasteiger partial charge < -0.3 is 9.47 Å². The second-order valence-electron chi connectivity index (χ2n) is 8.14. The van der Waals surface area contributed by atoms with Crippen LogP contribution in [-0.2, 0) is 23.9 Å². The molecule has 0 heterocycles. The predicted octanol–water partition coefficient (Wildman–Crippen LogP) is 6.97. The minimum Gasteiger partial charge on any atom is -0.412 e. The number of nitrogens with one attached hydrogen (secondary N) is 1. The number of esters is 3. The Hall–Kier alpha value is -2.24. The average Bonchev–Trinajstić information content (AvgIpc) is 2.76. The summed E-state index contributed by atoms with van der Waals surface area (Å²) in [5.74, 6) is -1.93. The van der Waals surface area contributed by atoms with Crippen LogP contribution in [0, 0.1) is 5.41 Å². The fraction of sp³-hybridized carbons (Fsp3) is 0.692. The van der Waals surface area contributed by atoms with E-state index >= 15 is 0 Å². The molecule has 6 heteroatoms. The SMILES string of the molecule is C=CCCCCCCCCC(=O)OC(=N)CCC(=O)OC(=O)CCCCCCCCC=C. The van der Waals surface area contributed by atoms with Crippen molar-refractivity contribution < 1.29 is 23.9 Å². The van der Waals surface area contributed by atoms with Gasteiger partial charge in [0, 0.05) is 19.3 Å². The van der Waals surface area contributed by atoms with Crippen molar-refractivity contribution in [2.45, 2.75) is 116 Å². The summed E-state index contributed by atoms with van der Waals surface area (Å²) >= 11 is 0. The number of hydrogen-bond donors (Lipinski definition) is 1. The van der Waals surface area contributed by atoms with Gasteiger partial charge in [0.2, 0.25) is 0 Å². The number of ether oxygens (including phenoxy) is 2. The lowest BCUT2D eigenvalue weighted by Gasteiger charge is -2.06. The minimum atomic E-state index is -0.684. The number of carbonyl (C=O) groups excluding carboxylic acids is 3. The third-order valence-electron chi connectivity index (χ3n) is 5.10. The molecule has 1 N–H and O–H groups in total. The van der Waals surface area contributed by atoms with Gasteiger partial charge in [-0.05, 0) is 38.5 Å². The molecule has 0 unspecified atom stereocenters. The van der Waals surface area contributed by atoms with E-state index in [4.69, 9.17) is 14.9 Å². The van der Waals surface area contributed by atoms with E-state index in [1.807, 2.05) is 12.2 Å². The first kappa shape index (κ1) is 29.8. The van der Waals surface area contributed by atoms with Crippen LogP contribution in [0.15, 0.2) is 25.3 Å². The Labute approximate surface area is 194 Å². The third-order valence-corrected chi connectivity index (χ3v) is 5.10. The summed E-state index contributed by atoms with van der Waals surface area (Å²) in [5, 5.41) is 7.67. The van der Waals surface area contributed by atoms with Crippen molar-refractivity contribution in [3.63, 3.8) is 0 Å². The first-order valence-electron chi connectivity index (χ1n) is 12.2. The number of allylic oxidation sites excluding steroid dienone is 2. The van der Waals surface area contributed by atoms with Crippen LogP contribution in [0.2, 0.25) is 0 Å². The molecule has 182 valence electrons. The molecule has 0 rings (SSSR count). The summed E-state index contributed by atoms with van der Waals surface area (Å²) in [5.41, 5.74) is 0. The van der Waals surface area contributed by atoms with Gasteiger partial charge in [0.1, 0.15) is 0 Å². The zero-order valence-electron chi connectivity index (χ0n) is 19.8. The fourth-order valence-electron chi connectivity index (χ4n) is 3.21. The van der Waals surface area contributed by atoms with Gasteiger partial charge in [-0.25, -0.2) is 0 Å². The Morgan fingerprint density at radius 2 is 0.906 bits per heavy atom. The molecule has 0 saturated carbocycles. The Morgan fingerprint density at radius 1 is 0.531 bits per heavy atom. The molecule has 0 fully saturated rings. The molecule has 0 amide bonds. The number of unbranched alkanes of at least 4 members (excludes halogenated alkanes) is 12. The van der Waals surface area contributed by atoms with E-state index in [-0.39, 0.29) is 31.6 Å². The standard InChI is InChI=1S/C26H43NO5/c1-3-5-7-9-11-13-15-17-19-24(28)31-23(27)21-22-26(30)32-25(29)20-18-16-14-12-10-8-6-4-2/h3-4,27H,1-2,5-22H2. The molecule has 0 aromatic carbocycles. The Balaban J connectivity index is 3.65. The number of hydrogen-bond acceptors (Lipinski definition) is 6. The fourth-order valence-corrected chi connectivity index (χ4v) is 3.21. The van der Waals surface area contributed by atoms with Gasteiger partial charge in [-0.15, -0.1) is 13.2 Å². The molecule has 0 aliphatic carbocycles. The quantitative estimate of drug-likeness (QED) is 0.0510. The molecule has 0 spiro atoms. The van der Waals surface area contributed by atoms with Crippen molar-refractivity contribution in [3.05, 3.63) is 25.3 Å². The highest BCUT2D eigenvalue weighted by Crippen LogP contribution is 2.11. The average molecular weight is 450 g/mol. The normalized spacial score (nSPS) is 10.4. The van der Waals surface area contributed by atoms with Crippen molar-refractivity contribution >= 4 is 23.8 Å². The first-order valence-corrected chi connectivity index (χ1v) is 12.2. The van der Waals surface area contributed by atoms with Gasteiger partial charge in [-0.1, -0.05) is 63.5 Å². The van der Waals surface area contributed by atoms with Gasteiger partial charge in [-0.3, -0.25) is 19.8 Å². The Morgan fingerprint density at radius 3 is 1.38 bits per heavy atom. The first-order chi connectivity index (χ1) is 15.5. The molecule has 0 bridgehead atoms. The summed E-state index contributed by atoms with van der Waals surface area (Å²) in [7, 11) is 0. The Bertz CT molecular complexity index is 521. The van der Waals surface area contributed by atoms with Gasteiger partial charge >= 0.3 is 17.9 Å². The molecule has 6 nitrogen and oxygen atoms in total. The molecule has 0 saturated heterocycles. The van der Waals surface area contributed by atoms with Crippen molar-refractivity contribution in [2.24, 2.45) is 0 Å². The molecule has 0 atom stereocenters. The zero-order chi connectivity index (χ0) is 23.9. The third kappa shape index (κ3) is 21.0. The second-order valence-corrected chi connectivity index (χ2v) is 8.14. The maximum absolute atomic E-state index is 11.7. The monoisotopic (exact) mass is 449 g/mol. The highest BCUT2D eigenvalue weighted by molar-refractivity contribution is 5.90. The van der Waals surface area contributed by atoms with Crippen LogP contribution in [0.4, 0.5) is 0 Å². The highest BCUT2D eigenvalue weighted by Gasteiger charge is 2.13. The maximum atomic E-state index is 11.7. The summed E-state index contributed by atoms with van der Waals surface area (Å²) in [6.07, 6.45) is 18.7. The predicted molar refractivity (Wildman–Crippen MR) is 128 cm³/mol. The van der Waals surface area contributed by atoms with Crippen LogP contribution in [0.3, 0.4) is 0 Å². The lowest BCUT2D eigenvalue weighted by atomic mass is 10.1. The van der Waals surface area contributed by atoms with E-state index in [1.54, 1.807) is 0 Å². The number of rotatable bonds is 21. The van der Waals surface area contributed by atoms with E-state index in [2.05, 4.69) is 13.2 Å². The number of carbonyl (C=O) groups is 3. The summed E-state index contributed by atoms with van der Waals surface area (Å²) in [6, 6.07) is 0. The van der Waals surface area contributed by atoms with Gasteiger partial charge in [0.25, 0.3) is 0 Å². The van der Waals surface area contributed by atoms with Gasteiger partial charge in [0.15, 0.2) is 5.90 Å². The highest BCUT2D eigenvalue weighted by atomic mass is 16.6. The molecule has 0 aliphatic heterocycles. The van der Waals surface area contributed by atoms with Crippen LogP contribution >= 0.6 is 0 Å². The molecule has 0 aliphatic rings. The lowest BCUT2D eigenvalue weighted by Crippen LogP contribution is -2.16. The maximum Gasteiger partial charge on any atom is 0.313 e. The molecular weight excluding hydrogens is 406 g/mol. The largest absolute Gasteiger partial charge is 0.412 e. The van der Waals surface area contributed by atoms with Crippen LogP contribution < -0.4 is 0 Å². The van der Waals surface area contributed by atoms with Crippen molar-refractivity contribution in [1.29, 1.82) is 5.41 Å². The molecular formula is C26H43NO5. The van der Waals surface area contributed by atoms with Crippen LogP contribution in [0.5, 0.6) is 0 Å². The van der Waals surface area contributed by atoms with Gasteiger partial charge in [-0.2, -0.15) is 0 Å². The summed E-state index contributed by atoms with van der Waals surface area (Å²) < 4.78 is 9.69. The van der Waals surface area contributed by atoms with Crippen LogP contribution in [-0.4, -0.2) is 23.8 Å². The second kappa shape index (κ2) is 22.0. The van der Waals surface area contributed by atoms with Gasteiger partial charge in [0.05, 0.1) is 6.42 Å². The van der Waals surface area contributed by atoms with E-state index in [9.17, 15) is 14.4 Å². The van der Waals surface area contributed by atoms with E-state index < -0.39 is 17.9 Å². The summed E-state index contributed by atoms with van der Waals surface area (Å²) in [6.45, 7) is 7.40. The van der Waals surface area contributed by atoms with Crippen molar-refractivity contribution in [3.8, 4) is 0 Å². The summed E-state index contributed by atoms with van der Waals surface area (Å²) in [4.78, 5) is 35.2. The lowest BCUT2D eigenvalue weighted by molar-refractivity contribution is -0.159. The smallest absolute Gasteiger partial charge is 0.313 e. The zero-order valence-corrected chi connectivity index (χ0v) is 19.8. The molecule has 32 heavy (non-hydrogen) atoms. The van der Waals surface area contributed by atoms with Crippen LogP contribution in [0.1, 0.15) is 116 Å². The topological polar surface area (TPSA) is 93.5 Å². The molecule has 0 aromatic rings. The Kier molecular flexibility index (Phi) is 20.4. The van der Waals surface area contributed by atoms with Crippen molar-refractivity contribution in [2.75, 3.05) is 0 Å². The van der Waals surface area contributed by atoms with Crippen LogP contribution in [0.25, 0.3) is 0 Å². The minimum absolute atomic E-state index is 0.0497. The van der Waals surface area contributed by atoms with E-state index in [0.717, 1.165) is 70.6 Å².